The van der Waals surface area contributed by atoms with E-state index in [1.165, 1.54) is 6.20 Å². The fraction of sp³-hybridized carbons (Fsp3) is 0.100. The van der Waals surface area contributed by atoms with Crippen molar-refractivity contribution >= 4 is 23.2 Å². The lowest BCUT2D eigenvalue weighted by Crippen LogP contribution is -2.14. The third-order valence-corrected chi connectivity index (χ3v) is 2.62. The van der Waals surface area contributed by atoms with Crippen molar-refractivity contribution in [2.24, 2.45) is 5.73 Å². The van der Waals surface area contributed by atoms with E-state index in [2.05, 4.69) is 10.1 Å². The number of nitrogen functional groups attached to an aromatic ring is 1. The van der Waals surface area contributed by atoms with E-state index < -0.39 is 17.6 Å². The number of alkyl halides is 3. The van der Waals surface area contributed by atoms with Crippen molar-refractivity contribution in [1.82, 2.24) is 14.8 Å². The van der Waals surface area contributed by atoms with E-state index in [4.69, 9.17) is 23.1 Å². The summed E-state index contributed by atoms with van der Waals surface area (Å²) in [5, 5.41) is 3.43. The van der Waals surface area contributed by atoms with Gasteiger partial charge in [-0.25, -0.2) is 9.67 Å². The zero-order valence-electron chi connectivity index (χ0n) is 9.65. The van der Waals surface area contributed by atoms with Gasteiger partial charge in [0, 0.05) is 6.20 Å². The van der Waals surface area contributed by atoms with E-state index in [-0.39, 0.29) is 22.2 Å². The Kier molecular flexibility index (Phi) is 3.30. The lowest BCUT2D eigenvalue weighted by Gasteiger charge is -2.08. The highest BCUT2D eigenvalue weighted by atomic mass is 35.5. The minimum absolute atomic E-state index is 0.0322. The van der Waals surface area contributed by atoms with Crippen LogP contribution in [-0.2, 0) is 6.18 Å². The zero-order chi connectivity index (χ0) is 15.1. The Labute approximate surface area is 115 Å². The summed E-state index contributed by atoms with van der Waals surface area (Å²) in [7, 11) is 0. The van der Waals surface area contributed by atoms with Crippen LogP contribution >= 0.6 is 11.6 Å². The van der Waals surface area contributed by atoms with Gasteiger partial charge in [0.25, 0.3) is 5.91 Å². The normalized spacial score (nSPS) is 11.6. The maximum atomic E-state index is 12.5. The van der Waals surface area contributed by atoms with Gasteiger partial charge >= 0.3 is 6.18 Å². The molecule has 2 aromatic heterocycles. The van der Waals surface area contributed by atoms with Crippen LogP contribution in [0.4, 0.5) is 18.9 Å². The van der Waals surface area contributed by atoms with E-state index in [9.17, 15) is 18.0 Å². The van der Waals surface area contributed by atoms with E-state index in [0.29, 0.717) is 12.3 Å². The lowest BCUT2D eigenvalue weighted by atomic mass is 10.3. The second kappa shape index (κ2) is 4.67. The number of aromatic nitrogens is 3. The maximum absolute atomic E-state index is 12.5. The highest BCUT2D eigenvalue weighted by molar-refractivity contribution is 6.32. The number of carbonyl (C=O) groups is 1. The fourth-order valence-corrected chi connectivity index (χ4v) is 1.69. The van der Waals surface area contributed by atoms with Crippen molar-refractivity contribution in [3.8, 4) is 5.82 Å². The number of primary amides is 1. The van der Waals surface area contributed by atoms with Crippen LogP contribution in [0.3, 0.4) is 0 Å². The van der Waals surface area contributed by atoms with Gasteiger partial charge in [0.05, 0.1) is 22.5 Å². The van der Waals surface area contributed by atoms with Crippen molar-refractivity contribution in [2.75, 3.05) is 5.73 Å². The Morgan fingerprint density at radius 1 is 1.40 bits per heavy atom. The highest BCUT2D eigenvalue weighted by Gasteiger charge is 2.31. The molecule has 106 valence electrons. The molecule has 4 N–H and O–H groups in total. The predicted molar refractivity (Wildman–Crippen MR) is 64.3 cm³/mol. The molecule has 2 rings (SSSR count). The first-order valence-electron chi connectivity index (χ1n) is 5.08. The molecular formula is C10H7ClF3N5O. The number of pyridine rings is 1. The van der Waals surface area contributed by atoms with Crippen molar-refractivity contribution in [2.45, 2.75) is 6.18 Å². The molecule has 0 fully saturated rings. The van der Waals surface area contributed by atoms with Gasteiger partial charge in [-0.1, -0.05) is 11.6 Å². The quantitative estimate of drug-likeness (QED) is 0.880. The van der Waals surface area contributed by atoms with Crippen molar-refractivity contribution < 1.29 is 18.0 Å². The molecule has 20 heavy (non-hydrogen) atoms. The van der Waals surface area contributed by atoms with Gasteiger partial charge in [-0.2, -0.15) is 18.3 Å². The molecule has 0 radical (unpaired) electrons. The van der Waals surface area contributed by atoms with Gasteiger partial charge in [-0.05, 0) is 6.07 Å². The molecule has 0 spiro atoms. The Bertz CT molecular complexity index is 682. The van der Waals surface area contributed by atoms with E-state index in [1.807, 2.05) is 0 Å². The molecule has 0 aromatic carbocycles. The van der Waals surface area contributed by atoms with Crippen LogP contribution in [0.5, 0.6) is 0 Å². The molecule has 0 unspecified atom stereocenters. The van der Waals surface area contributed by atoms with Crippen molar-refractivity contribution in [3.05, 3.63) is 34.7 Å². The number of rotatable bonds is 2. The Morgan fingerprint density at radius 2 is 2.05 bits per heavy atom. The van der Waals surface area contributed by atoms with Crippen LogP contribution in [0.25, 0.3) is 5.82 Å². The molecule has 2 heterocycles. The zero-order valence-corrected chi connectivity index (χ0v) is 10.4. The van der Waals surface area contributed by atoms with Crippen LogP contribution in [0.15, 0.2) is 18.5 Å². The average molecular weight is 306 g/mol. The fourth-order valence-electron chi connectivity index (χ4n) is 1.44. The molecule has 0 bridgehead atoms. The van der Waals surface area contributed by atoms with Crippen LogP contribution in [-0.4, -0.2) is 20.7 Å². The van der Waals surface area contributed by atoms with Gasteiger partial charge in [0.1, 0.15) is 0 Å². The smallest absolute Gasteiger partial charge is 0.396 e. The standard InChI is InChI=1S/C10H7ClF3N5O/c11-5-1-4(10(12,13)14)2-17-9(5)19-3-6(15)7(18-19)8(16)20/h1-3H,15H2,(H2,16,20). The van der Waals surface area contributed by atoms with Gasteiger partial charge in [-0.15, -0.1) is 0 Å². The van der Waals surface area contributed by atoms with Crippen LogP contribution in [0.1, 0.15) is 16.1 Å². The molecule has 10 heteroatoms. The molecule has 0 aliphatic rings. The van der Waals surface area contributed by atoms with Crippen molar-refractivity contribution in [1.29, 1.82) is 0 Å². The topological polar surface area (TPSA) is 99.8 Å². The number of amides is 1. The average Bonchev–Trinajstić information content (AvgIpc) is 2.69. The van der Waals surface area contributed by atoms with Gasteiger partial charge in [-0.3, -0.25) is 4.79 Å². The SMILES string of the molecule is NC(=O)c1nn(-c2ncc(C(F)(F)F)cc2Cl)cc1N. The minimum Gasteiger partial charge on any atom is -0.396 e. The summed E-state index contributed by atoms with van der Waals surface area (Å²) in [5.74, 6) is -0.969. The predicted octanol–water partition coefficient (Wildman–Crippen LogP) is 1.62. The van der Waals surface area contributed by atoms with E-state index in [0.717, 1.165) is 4.68 Å². The first-order valence-corrected chi connectivity index (χ1v) is 5.46. The number of nitrogens with zero attached hydrogens (tertiary/aromatic N) is 3. The summed E-state index contributed by atoms with van der Waals surface area (Å²) >= 11 is 5.73. The third kappa shape index (κ3) is 2.52. The van der Waals surface area contributed by atoms with Crippen LogP contribution < -0.4 is 11.5 Å². The van der Waals surface area contributed by atoms with Crippen molar-refractivity contribution in [3.63, 3.8) is 0 Å². The first-order chi connectivity index (χ1) is 9.20. The number of hydrogen-bond donors (Lipinski definition) is 2. The van der Waals surface area contributed by atoms with E-state index >= 15 is 0 Å². The molecule has 2 aromatic rings. The molecule has 1 amide bonds. The monoisotopic (exact) mass is 305 g/mol. The van der Waals surface area contributed by atoms with Gasteiger partial charge in [0.15, 0.2) is 11.5 Å². The number of nitrogens with two attached hydrogens (primary N) is 2. The molecule has 0 atom stereocenters. The van der Waals surface area contributed by atoms with Crippen LogP contribution in [0.2, 0.25) is 5.02 Å². The summed E-state index contributed by atoms with van der Waals surface area (Å²) in [4.78, 5) is 14.6. The van der Waals surface area contributed by atoms with E-state index in [1.54, 1.807) is 0 Å². The lowest BCUT2D eigenvalue weighted by molar-refractivity contribution is -0.137. The summed E-state index contributed by atoms with van der Waals surface area (Å²) in [6, 6.07) is 0.700. The number of hydrogen-bond acceptors (Lipinski definition) is 4. The molecular weight excluding hydrogens is 299 g/mol. The molecule has 6 nitrogen and oxygen atoms in total. The van der Waals surface area contributed by atoms with Gasteiger partial charge < -0.3 is 11.5 Å². The van der Waals surface area contributed by atoms with Crippen LogP contribution in [0, 0.1) is 0 Å². The second-order valence-electron chi connectivity index (χ2n) is 3.77. The maximum Gasteiger partial charge on any atom is 0.417 e. The molecule has 0 saturated carbocycles. The second-order valence-corrected chi connectivity index (χ2v) is 4.18. The molecule has 0 saturated heterocycles. The minimum atomic E-state index is -4.56. The summed E-state index contributed by atoms with van der Waals surface area (Å²) in [6.45, 7) is 0. The van der Waals surface area contributed by atoms with Gasteiger partial charge in [0.2, 0.25) is 0 Å². The highest BCUT2D eigenvalue weighted by Crippen LogP contribution is 2.32. The molecule has 0 aliphatic carbocycles. The number of carbonyl (C=O) groups excluding carboxylic acids is 1. The Hall–Kier alpha value is -2.29. The largest absolute Gasteiger partial charge is 0.417 e. The summed E-state index contributed by atoms with van der Waals surface area (Å²) in [5.41, 5.74) is 9.27. The summed E-state index contributed by atoms with van der Waals surface area (Å²) < 4.78 is 38.4. The summed E-state index contributed by atoms with van der Waals surface area (Å²) in [6.07, 6.45) is -2.78. The Balaban J connectivity index is 2.49. The number of anilines is 1. The Morgan fingerprint density at radius 3 is 2.50 bits per heavy atom. The third-order valence-electron chi connectivity index (χ3n) is 2.34. The number of halogens is 4. The first kappa shape index (κ1) is 14.1. The molecule has 0 aliphatic heterocycles.